The molecule has 1 fully saturated rings. The van der Waals surface area contributed by atoms with Crippen LogP contribution in [0.15, 0.2) is 12.3 Å². The summed E-state index contributed by atoms with van der Waals surface area (Å²) in [5, 5.41) is 12.2. The van der Waals surface area contributed by atoms with Crippen LogP contribution in [-0.4, -0.2) is 51.1 Å². The van der Waals surface area contributed by atoms with Crippen LogP contribution in [0.4, 0.5) is 5.82 Å². The van der Waals surface area contributed by atoms with Gasteiger partial charge in [0.25, 0.3) is 0 Å². The van der Waals surface area contributed by atoms with E-state index in [0.29, 0.717) is 12.1 Å². The van der Waals surface area contributed by atoms with Crippen LogP contribution >= 0.6 is 0 Å². The molecular formula is C13H20N4O2. The number of aromatic nitrogens is 2. The molecule has 0 unspecified atom stereocenters. The van der Waals surface area contributed by atoms with Crippen LogP contribution in [0.1, 0.15) is 25.6 Å². The maximum Gasteiger partial charge on any atom is 0.317 e. The minimum absolute atomic E-state index is 0.125. The van der Waals surface area contributed by atoms with Crippen LogP contribution < -0.4 is 5.32 Å². The van der Waals surface area contributed by atoms with Crippen molar-refractivity contribution in [1.29, 1.82) is 0 Å². The summed E-state index contributed by atoms with van der Waals surface area (Å²) in [6, 6.07) is 2.60. The molecule has 0 saturated heterocycles. The number of nitrogens with zero attached hydrogens (tertiary/aromatic N) is 3. The molecule has 0 bridgehead atoms. The lowest BCUT2D eigenvalue weighted by atomic mass is 9.85. The third-order valence-electron chi connectivity index (χ3n) is 3.50. The normalized spacial score (nSPS) is 22.1. The van der Waals surface area contributed by atoms with Crippen molar-refractivity contribution in [3.8, 4) is 0 Å². The summed E-state index contributed by atoms with van der Waals surface area (Å²) >= 11 is 0. The summed E-state index contributed by atoms with van der Waals surface area (Å²) in [4.78, 5) is 21.1. The number of carboxylic acid groups (broad SMARTS) is 1. The van der Waals surface area contributed by atoms with Crippen LogP contribution in [-0.2, 0) is 4.79 Å². The van der Waals surface area contributed by atoms with E-state index in [2.05, 4.69) is 15.3 Å². The second-order valence-electron chi connectivity index (χ2n) is 4.91. The van der Waals surface area contributed by atoms with Crippen molar-refractivity contribution in [2.24, 2.45) is 0 Å². The Bertz CT molecular complexity index is 446. The van der Waals surface area contributed by atoms with E-state index in [0.717, 1.165) is 31.0 Å². The van der Waals surface area contributed by atoms with Gasteiger partial charge in [-0.25, -0.2) is 9.97 Å². The monoisotopic (exact) mass is 264 g/mol. The maximum atomic E-state index is 10.7. The molecule has 19 heavy (non-hydrogen) atoms. The van der Waals surface area contributed by atoms with Crippen molar-refractivity contribution in [3.05, 3.63) is 18.1 Å². The van der Waals surface area contributed by atoms with E-state index in [9.17, 15) is 4.79 Å². The first-order valence-corrected chi connectivity index (χ1v) is 6.60. The third-order valence-corrected chi connectivity index (χ3v) is 3.50. The molecule has 2 N–H and O–H groups in total. The fraction of sp³-hybridized carbons (Fsp3) is 0.615. The van der Waals surface area contributed by atoms with Crippen molar-refractivity contribution >= 4 is 11.8 Å². The minimum Gasteiger partial charge on any atom is -0.480 e. The van der Waals surface area contributed by atoms with Crippen LogP contribution in [0, 0.1) is 6.92 Å². The molecule has 104 valence electrons. The van der Waals surface area contributed by atoms with Gasteiger partial charge in [0, 0.05) is 18.3 Å². The van der Waals surface area contributed by atoms with Crippen molar-refractivity contribution in [1.82, 2.24) is 14.9 Å². The summed E-state index contributed by atoms with van der Waals surface area (Å²) in [6.07, 6.45) is 3.66. The summed E-state index contributed by atoms with van der Waals surface area (Å²) in [6.45, 7) is 4.76. The van der Waals surface area contributed by atoms with Gasteiger partial charge < -0.3 is 10.4 Å². The number of aliphatic carboxylic acids is 1. The van der Waals surface area contributed by atoms with Gasteiger partial charge in [0.2, 0.25) is 0 Å². The first-order chi connectivity index (χ1) is 9.08. The molecule has 1 heterocycles. The van der Waals surface area contributed by atoms with Gasteiger partial charge in [-0.1, -0.05) is 6.92 Å². The predicted molar refractivity (Wildman–Crippen MR) is 72.1 cm³/mol. The van der Waals surface area contributed by atoms with E-state index < -0.39 is 5.97 Å². The average molecular weight is 264 g/mol. The number of likely N-dealkylation sites (N-methyl/N-ethyl adjacent to an activating group) is 1. The Morgan fingerprint density at radius 3 is 2.89 bits per heavy atom. The first kappa shape index (κ1) is 13.7. The van der Waals surface area contributed by atoms with Gasteiger partial charge in [-0.2, -0.15) is 0 Å². The van der Waals surface area contributed by atoms with Crippen molar-refractivity contribution in [3.63, 3.8) is 0 Å². The van der Waals surface area contributed by atoms with Gasteiger partial charge >= 0.3 is 5.97 Å². The maximum absolute atomic E-state index is 10.7. The molecule has 1 aliphatic rings. The zero-order valence-corrected chi connectivity index (χ0v) is 11.3. The van der Waals surface area contributed by atoms with E-state index in [-0.39, 0.29) is 6.54 Å². The largest absolute Gasteiger partial charge is 0.480 e. The standard InChI is InChI=1S/C13H20N4O2/c1-3-17(8-13(18)19)11-6-10(7-11)16-12-4-5-14-9(2)15-12/h4-5,10-11H,3,6-8H2,1-2H3,(H,18,19)(H,14,15,16). The zero-order chi connectivity index (χ0) is 13.8. The Kier molecular flexibility index (Phi) is 4.31. The Morgan fingerprint density at radius 1 is 1.58 bits per heavy atom. The van der Waals surface area contributed by atoms with Gasteiger partial charge in [-0.3, -0.25) is 9.69 Å². The van der Waals surface area contributed by atoms with Crippen molar-refractivity contribution < 1.29 is 9.90 Å². The van der Waals surface area contributed by atoms with Crippen LogP contribution in [0.25, 0.3) is 0 Å². The molecule has 0 aliphatic heterocycles. The van der Waals surface area contributed by atoms with Crippen molar-refractivity contribution in [2.75, 3.05) is 18.4 Å². The second kappa shape index (κ2) is 5.97. The third kappa shape index (κ3) is 3.64. The number of rotatable bonds is 6. The fourth-order valence-corrected chi connectivity index (χ4v) is 2.42. The molecule has 6 nitrogen and oxygen atoms in total. The minimum atomic E-state index is -0.760. The lowest BCUT2D eigenvalue weighted by molar-refractivity contribution is -0.139. The highest BCUT2D eigenvalue weighted by Crippen LogP contribution is 2.27. The molecule has 1 saturated carbocycles. The summed E-state index contributed by atoms with van der Waals surface area (Å²) in [5.41, 5.74) is 0. The number of carbonyl (C=O) groups is 1. The van der Waals surface area contributed by atoms with E-state index in [1.54, 1.807) is 6.20 Å². The lowest BCUT2D eigenvalue weighted by Crippen LogP contribution is -2.51. The highest BCUT2D eigenvalue weighted by atomic mass is 16.4. The van der Waals surface area contributed by atoms with Crippen LogP contribution in [0.2, 0.25) is 0 Å². The smallest absolute Gasteiger partial charge is 0.317 e. The zero-order valence-electron chi connectivity index (χ0n) is 11.3. The molecule has 0 radical (unpaired) electrons. The highest BCUT2D eigenvalue weighted by Gasteiger charge is 2.33. The molecule has 0 atom stereocenters. The SMILES string of the molecule is CCN(CC(=O)O)C1CC(Nc2ccnc(C)n2)C1. The van der Waals surface area contributed by atoms with Crippen LogP contribution in [0.5, 0.6) is 0 Å². The Hall–Kier alpha value is -1.69. The van der Waals surface area contributed by atoms with Gasteiger partial charge in [-0.05, 0) is 32.4 Å². The molecule has 0 spiro atoms. The molecule has 1 aromatic heterocycles. The quantitative estimate of drug-likeness (QED) is 0.802. The lowest BCUT2D eigenvalue weighted by Gasteiger charge is -2.42. The molecular weight excluding hydrogens is 244 g/mol. The fourth-order valence-electron chi connectivity index (χ4n) is 2.42. The van der Waals surface area contributed by atoms with Crippen molar-refractivity contribution in [2.45, 2.75) is 38.8 Å². The topological polar surface area (TPSA) is 78.4 Å². The number of nitrogens with one attached hydrogen (secondary N) is 1. The molecule has 1 aliphatic carbocycles. The number of hydrogen-bond acceptors (Lipinski definition) is 5. The van der Waals surface area contributed by atoms with Crippen LogP contribution in [0.3, 0.4) is 0 Å². The second-order valence-corrected chi connectivity index (χ2v) is 4.91. The average Bonchev–Trinajstić information content (AvgIpc) is 2.30. The van der Waals surface area contributed by atoms with Gasteiger partial charge in [-0.15, -0.1) is 0 Å². The highest BCUT2D eigenvalue weighted by molar-refractivity contribution is 5.69. The molecule has 2 rings (SSSR count). The Morgan fingerprint density at radius 2 is 2.32 bits per heavy atom. The number of hydrogen-bond donors (Lipinski definition) is 2. The molecule has 0 amide bonds. The van der Waals surface area contributed by atoms with Gasteiger partial charge in [0.1, 0.15) is 11.6 Å². The summed E-state index contributed by atoms with van der Waals surface area (Å²) in [5.74, 6) is 0.837. The number of aryl methyl sites for hydroxylation is 1. The van der Waals surface area contributed by atoms with E-state index in [1.807, 2.05) is 24.8 Å². The number of anilines is 1. The Labute approximate surface area is 112 Å². The molecule has 1 aromatic rings. The Balaban J connectivity index is 1.81. The van der Waals surface area contributed by atoms with Gasteiger partial charge in [0.15, 0.2) is 0 Å². The first-order valence-electron chi connectivity index (χ1n) is 6.60. The molecule has 6 heteroatoms. The van der Waals surface area contributed by atoms with E-state index in [4.69, 9.17) is 5.11 Å². The van der Waals surface area contributed by atoms with E-state index in [1.165, 1.54) is 0 Å². The molecule has 0 aromatic carbocycles. The van der Waals surface area contributed by atoms with E-state index >= 15 is 0 Å². The summed E-state index contributed by atoms with van der Waals surface area (Å²) in [7, 11) is 0. The number of carboxylic acids is 1. The predicted octanol–water partition coefficient (Wildman–Crippen LogP) is 1.13. The van der Waals surface area contributed by atoms with Gasteiger partial charge in [0.05, 0.1) is 6.54 Å². The summed E-state index contributed by atoms with van der Waals surface area (Å²) < 4.78 is 0.